The zero-order valence-corrected chi connectivity index (χ0v) is 19.3. The molecule has 172 valence electrons. The zero-order chi connectivity index (χ0) is 23.9. The van der Waals surface area contributed by atoms with Gasteiger partial charge >= 0.3 is 0 Å². The monoisotopic (exact) mass is 480 g/mol. The highest BCUT2D eigenvalue weighted by Crippen LogP contribution is 2.28. The minimum absolute atomic E-state index is 0.157. The van der Waals surface area contributed by atoms with Gasteiger partial charge in [0.05, 0.1) is 23.4 Å². The number of nitrogens with zero attached hydrogens (tertiary/aromatic N) is 5. The third-order valence-corrected chi connectivity index (χ3v) is 5.84. The van der Waals surface area contributed by atoms with Gasteiger partial charge in [0.25, 0.3) is 0 Å². The highest BCUT2D eigenvalue weighted by Gasteiger charge is 2.18. The Morgan fingerprint density at radius 2 is 1.51 bits per heavy atom. The Morgan fingerprint density at radius 1 is 0.829 bits per heavy atom. The van der Waals surface area contributed by atoms with Crippen LogP contribution in [0.1, 0.15) is 0 Å². The van der Waals surface area contributed by atoms with Crippen LogP contribution < -0.4 is 5.32 Å². The molecule has 2 aromatic heterocycles. The number of furan rings is 1. The van der Waals surface area contributed by atoms with E-state index in [1.54, 1.807) is 36.6 Å². The van der Waals surface area contributed by atoms with Crippen LogP contribution in [0.5, 0.6) is 0 Å². The number of para-hydroxylation sites is 1. The van der Waals surface area contributed by atoms with E-state index >= 15 is 0 Å². The first-order valence-electron chi connectivity index (χ1n) is 10.8. The number of hydrogen-bond donors (Lipinski definition) is 1. The van der Waals surface area contributed by atoms with Gasteiger partial charge < -0.3 is 9.73 Å². The summed E-state index contributed by atoms with van der Waals surface area (Å²) in [4.78, 5) is 12.6. The molecule has 35 heavy (non-hydrogen) atoms. The summed E-state index contributed by atoms with van der Waals surface area (Å²) in [5, 5.41) is 20.5. The first-order chi connectivity index (χ1) is 17.3. The zero-order valence-electron chi connectivity index (χ0n) is 18.5. The van der Waals surface area contributed by atoms with E-state index in [1.807, 2.05) is 71.3 Å². The fourth-order valence-electron chi connectivity index (χ4n) is 3.29. The number of rotatable bonds is 8. The van der Waals surface area contributed by atoms with Crippen LogP contribution in [0, 0.1) is 0 Å². The maximum atomic E-state index is 12.6. The summed E-state index contributed by atoms with van der Waals surface area (Å²) in [5.41, 5.74) is 3.03. The molecule has 5 rings (SSSR count). The predicted molar refractivity (Wildman–Crippen MR) is 135 cm³/mol. The van der Waals surface area contributed by atoms with Crippen molar-refractivity contribution in [1.29, 1.82) is 0 Å². The number of thioether (sulfide) groups is 1. The van der Waals surface area contributed by atoms with E-state index in [4.69, 9.17) is 4.42 Å². The summed E-state index contributed by atoms with van der Waals surface area (Å²) in [6.07, 6.45) is 1.59. The first-order valence-corrected chi connectivity index (χ1v) is 11.8. The van der Waals surface area contributed by atoms with Crippen molar-refractivity contribution >= 4 is 34.7 Å². The number of anilines is 1. The van der Waals surface area contributed by atoms with Crippen molar-refractivity contribution in [2.24, 2.45) is 10.2 Å². The molecule has 2 heterocycles. The summed E-state index contributed by atoms with van der Waals surface area (Å²) in [6, 6.07) is 30.0. The van der Waals surface area contributed by atoms with Crippen molar-refractivity contribution in [2.75, 3.05) is 11.1 Å². The van der Waals surface area contributed by atoms with E-state index in [2.05, 4.69) is 25.7 Å². The first kappa shape index (κ1) is 22.3. The highest BCUT2D eigenvalue weighted by atomic mass is 32.2. The third kappa shape index (κ3) is 5.53. The Hall–Kier alpha value is -4.50. The quantitative estimate of drug-likeness (QED) is 0.197. The molecule has 0 aliphatic rings. The number of aromatic nitrogens is 3. The second-order valence-corrected chi connectivity index (χ2v) is 8.32. The van der Waals surface area contributed by atoms with E-state index < -0.39 is 0 Å². The van der Waals surface area contributed by atoms with Crippen LogP contribution in [0.25, 0.3) is 17.3 Å². The normalized spacial score (nSPS) is 11.1. The lowest BCUT2D eigenvalue weighted by Crippen LogP contribution is -2.14. The van der Waals surface area contributed by atoms with Crippen LogP contribution in [0.15, 0.2) is 123 Å². The molecule has 3 aromatic carbocycles. The van der Waals surface area contributed by atoms with Crippen LogP contribution in [0.4, 0.5) is 17.1 Å². The van der Waals surface area contributed by atoms with Crippen LogP contribution in [0.2, 0.25) is 0 Å². The molecular weight excluding hydrogens is 460 g/mol. The van der Waals surface area contributed by atoms with Gasteiger partial charge in [-0.1, -0.05) is 48.2 Å². The number of amides is 1. The number of carbonyl (C=O) groups is 1. The molecule has 0 radical (unpaired) electrons. The molecule has 0 bridgehead atoms. The average Bonchev–Trinajstić information content (AvgIpc) is 3.58. The second kappa shape index (κ2) is 10.6. The van der Waals surface area contributed by atoms with Crippen molar-refractivity contribution < 1.29 is 9.21 Å². The topological polar surface area (TPSA) is 97.7 Å². The largest absolute Gasteiger partial charge is 0.461 e. The van der Waals surface area contributed by atoms with Crippen molar-refractivity contribution in [2.45, 2.75) is 5.16 Å². The summed E-state index contributed by atoms with van der Waals surface area (Å²) in [7, 11) is 0. The second-order valence-electron chi connectivity index (χ2n) is 7.37. The summed E-state index contributed by atoms with van der Waals surface area (Å²) in [5.74, 6) is 1.18. The molecule has 0 fully saturated rings. The van der Waals surface area contributed by atoms with Crippen LogP contribution in [-0.4, -0.2) is 26.4 Å². The maximum Gasteiger partial charge on any atom is 0.234 e. The molecular formula is C26H20N6O2S. The lowest BCUT2D eigenvalue weighted by Gasteiger charge is -2.09. The fraction of sp³-hybridized carbons (Fsp3) is 0.0385. The summed E-state index contributed by atoms with van der Waals surface area (Å²) in [6.45, 7) is 0. The predicted octanol–water partition coefficient (Wildman–Crippen LogP) is 6.67. The van der Waals surface area contributed by atoms with Gasteiger partial charge in [0.2, 0.25) is 11.7 Å². The van der Waals surface area contributed by atoms with Crippen molar-refractivity contribution in [3.8, 4) is 17.3 Å². The molecule has 8 nitrogen and oxygen atoms in total. The number of azo groups is 1. The van der Waals surface area contributed by atoms with E-state index in [-0.39, 0.29) is 11.7 Å². The number of carbonyl (C=O) groups excluding carboxylic acids is 1. The Kier molecular flexibility index (Phi) is 6.77. The molecule has 0 aliphatic heterocycles. The third-order valence-electron chi connectivity index (χ3n) is 4.91. The molecule has 1 N–H and O–H groups in total. The number of nitrogens with one attached hydrogen (secondary N) is 1. The minimum Gasteiger partial charge on any atom is -0.461 e. The molecule has 0 saturated heterocycles. The molecule has 1 amide bonds. The summed E-state index contributed by atoms with van der Waals surface area (Å²) >= 11 is 1.30. The lowest BCUT2D eigenvalue weighted by molar-refractivity contribution is -0.113. The standard InChI is InChI=1S/C26H20N6O2S/c33-24(27-19-13-15-21(16-14-19)29-28-20-8-3-1-4-9-20)18-35-26-31-30-25(23-12-7-17-34-23)32(26)22-10-5-2-6-11-22/h1-17H,18H2,(H,27,33). The maximum absolute atomic E-state index is 12.6. The molecule has 0 atom stereocenters. The molecule has 5 aromatic rings. The molecule has 0 unspecified atom stereocenters. The van der Waals surface area contributed by atoms with Crippen molar-refractivity contribution in [3.05, 3.63) is 103 Å². The van der Waals surface area contributed by atoms with Crippen LogP contribution in [-0.2, 0) is 4.79 Å². The molecule has 0 spiro atoms. The average molecular weight is 481 g/mol. The number of hydrogen-bond acceptors (Lipinski definition) is 7. The minimum atomic E-state index is -0.157. The summed E-state index contributed by atoms with van der Waals surface area (Å²) < 4.78 is 7.40. The molecule has 9 heteroatoms. The van der Waals surface area contributed by atoms with Gasteiger partial charge in [-0.25, -0.2) is 0 Å². The van der Waals surface area contributed by atoms with E-state index in [0.717, 1.165) is 11.4 Å². The Labute approximate surface area is 205 Å². The number of benzene rings is 3. The lowest BCUT2D eigenvalue weighted by atomic mass is 10.3. The Morgan fingerprint density at radius 3 is 2.20 bits per heavy atom. The van der Waals surface area contributed by atoms with E-state index in [9.17, 15) is 4.79 Å². The van der Waals surface area contributed by atoms with Crippen molar-refractivity contribution in [1.82, 2.24) is 14.8 Å². The van der Waals surface area contributed by atoms with Crippen LogP contribution in [0.3, 0.4) is 0 Å². The fourth-order valence-corrected chi connectivity index (χ4v) is 4.04. The molecule has 0 saturated carbocycles. The SMILES string of the molecule is O=C(CSc1nnc(-c2ccco2)n1-c1ccccc1)Nc1ccc(N=Nc2ccccc2)cc1. The van der Waals surface area contributed by atoms with Gasteiger partial charge in [-0.2, -0.15) is 10.2 Å². The Bertz CT molecular complexity index is 1420. The van der Waals surface area contributed by atoms with E-state index in [0.29, 0.717) is 28.1 Å². The van der Waals surface area contributed by atoms with Gasteiger partial charge in [-0.3, -0.25) is 9.36 Å². The van der Waals surface area contributed by atoms with Gasteiger partial charge in [-0.05, 0) is 60.7 Å². The highest BCUT2D eigenvalue weighted by molar-refractivity contribution is 7.99. The van der Waals surface area contributed by atoms with Crippen LogP contribution >= 0.6 is 11.8 Å². The smallest absolute Gasteiger partial charge is 0.234 e. The van der Waals surface area contributed by atoms with Crippen molar-refractivity contribution in [3.63, 3.8) is 0 Å². The van der Waals surface area contributed by atoms with Gasteiger partial charge in [0.1, 0.15) is 0 Å². The van der Waals surface area contributed by atoms with Gasteiger partial charge in [0, 0.05) is 11.4 Å². The van der Waals surface area contributed by atoms with Gasteiger partial charge in [-0.15, -0.1) is 10.2 Å². The van der Waals surface area contributed by atoms with E-state index in [1.165, 1.54) is 11.8 Å². The molecule has 0 aliphatic carbocycles. The Balaban J connectivity index is 1.24. The van der Waals surface area contributed by atoms with Gasteiger partial charge in [0.15, 0.2) is 10.9 Å².